The van der Waals surface area contributed by atoms with Gasteiger partial charge in [-0.15, -0.1) is 0 Å². The maximum absolute atomic E-state index is 2.29. The van der Waals surface area contributed by atoms with E-state index in [0.717, 1.165) is 0 Å². The monoisotopic (exact) mass is 256 g/mol. The number of hydrogen-bond donors (Lipinski definition) is 0. The third kappa shape index (κ3) is 19.1. The smallest absolute Gasteiger partial charge is 0.0654 e. The van der Waals surface area contributed by atoms with Gasteiger partial charge in [0.05, 0.1) is 0 Å². The maximum atomic E-state index is 2.29. The third-order valence-corrected chi connectivity index (χ3v) is 3.46. The summed E-state index contributed by atoms with van der Waals surface area (Å²) >= 11 is 0. The van der Waals surface area contributed by atoms with E-state index >= 15 is 0 Å². The molecule has 0 aromatic heterocycles. The van der Waals surface area contributed by atoms with E-state index in [-0.39, 0.29) is 17.4 Å². The summed E-state index contributed by atoms with van der Waals surface area (Å²) in [5, 5.41) is 0. The van der Waals surface area contributed by atoms with Crippen LogP contribution in [0.1, 0.15) is 104 Å². The van der Waals surface area contributed by atoms with Crippen LogP contribution >= 0.6 is 0 Å². The summed E-state index contributed by atoms with van der Waals surface area (Å²) in [6.45, 7) is 4.58. The van der Waals surface area contributed by atoms with Crippen LogP contribution in [-0.4, -0.2) is 17.4 Å². The van der Waals surface area contributed by atoms with E-state index in [2.05, 4.69) is 13.8 Å². The van der Waals surface area contributed by atoms with Crippen molar-refractivity contribution in [1.29, 1.82) is 0 Å². The predicted molar refractivity (Wildman–Crippen MR) is 85.9 cm³/mol. The quantitative estimate of drug-likeness (QED) is 0.310. The highest BCUT2D eigenvalue weighted by atomic mass is 27.0. The van der Waals surface area contributed by atoms with Gasteiger partial charge in [-0.2, -0.15) is 0 Å². The van der Waals surface area contributed by atoms with Crippen molar-refractivity contribution in [3.05, 3.63) is 0 Å². The highest BCUT2D eigenvalue weighted by Crippen LogP contribution is 2.12. The van der Waals surface area contributed by atoms with Crippen LogP contribution in [0.2, 0.25) is 0 Å². The Morgan fingerprint density at radius 1 is 0.353 bits per heavy atom. The topological polar surface area (TPSA) is 0 Å². The second-order valence-electron chi connectivity index (χ2n) is 5.24. The Balaban J connectivity index is 0. The number of rotatable bonds is 13. The molecule has 0 aromatic carbocycles. The molecule has 0 aromatic rings. The van der Waals surface area contributed by atoms with Crippen molar-refractivity contribution in [3.8, 4) is 0 Å². The first-order valence-corrected chi connectivity index (χ1v) is 7.91. The summed E-state index contributed by atoms with van der Waals surface area (Å²) < 4.78 is 0. The van der Waals surface area contributed by atoms with Crippen molar-refractivity contribution in [2.45, 2.75) is 104 Å². The fraction of sp³-hybridized carbons (Fsp3) is 1.00. The Hall–Kier alpha value is 0.532. The van der Waals surface area contributed by atoms with Crippen molar-refractivity contribution in [2.24, 2.45) is 0 Å². The maximum Gasteiger partial charge on any atom is 0.187 e. The Labute approximate surface area is 121 Å². The molecule has 0 N–H and O–H groups in total. The van der Waals surface area contributed by atoms with Crippen molar-refractivity contribution in [3.63, 3.8) is 0 Å². The molecule has 0 saturated carbocycles. The van der Waals surface area contributed by atoms with Crippen LogP contribution in [0.25, 0.3) is 0 Å². The highest BCUT2D eigenvalue weighted by Gasteiger charge is 1.92. The first kappa shape index (κ1) is 19.9. The minimum absolute atomic E-state index is 0. The minimum atomic E-state index is 0. The largest absolute Gasteiger partial charge is 0.187 e. The van der Waals surface area contributed by atoms with Crippen molar-refractivity contribution in [1.82, 2.24) is 0 Å². The lowest BCUT2D eigenvalue weighted by molar-refractivity contribution is 0.538. The fourth-order valence-electron chi connectivity index (χ4n) is 2.27. The van der Waals surface area contributed by atoms with Gasteiger partial charge >= 0.3 is 0 Å². The summed E-state index contributed by atoms with van der Waals surface area (Å²) in [6.07, 6.45) is 20.4. The van der Waals surface area contributed by atoms with Crippen LogP contribution in [0.3, 0.4) is 0 Å². The molecule has 0 atom stereocenters. The van der Waals surface area contributed by atoms with Gasteiger partial charge in [0.1, 0.15) is 0 Å². The van der Waals surface area contributed by atoms with E-state index < -0.39 is 0 Å². The molecule has 0 aliphatic heterocycles. The van der Waals surface area contributed by atoms with E-state index in [0.29, 0.717) is 0 Å². The van der Waals surface area contributed by atoms with Gasteiger partial charge in [-0.3, -0.25) is 0 Å². The summed E-state index contributed by atoms with van der Waals surface area (Å²) in [7, 11) is 0. The molecule has 0 aliphatic rings. The molecule has 0 nitrogen and oxygen atoms in total. The van der Waals surface area contributed by atoms with Crippen LogP contribution in [0.5, 0.6) is 0 Å². The molecule has 0 fully saturated rings. The first-order chi connectivity index (χ1) is 7.91. The highest BCUT2D eigenvalue weighted by molar-refractivity contribution is 5.75. The molecule has 0 spiro atoms. The van der Waals surface area contributed by atoms with E-state index in [9.17, 15) is 0 Å². The van der Waals surface area contributed by atoms with Crippen LogP contribution in [0, 0.1) is 0 Å². The van der Waals surface area contributed by atoms with Crippen molar-refractivity contribution >= 4 is 17.4 Å². The molecule has 0 heterocycles. The first-order valence-electron chi connectivity index (χ1n) is 7.91. The second kappa shape index (κ2) is 18.9. The molecule has 17 heavy (non-hydrogen) atoms. The molecule has 0 unspecified atom stereocenters. The minimum Gasteiger partial charge on any atom is -0.0654 e. The summed E-state index contributed by atoms with van der Waals surface area (Å²) in [5.74, 6) is 0. The summed E-state index contributed by atoms with van der Waals surface area (Å²) in [4.78, 5) is 0. The Morgan fingerprint density at radius 3 is 0.706 bits per heavy atom. The van der Waals surface area contributed by atoms with Gasteiger partial charge in [0.25, 0.3) is 0 Å². The van der Waals surface area contributed by atoms with Gasteiger partial charge in [0.2, 0.25) is 0 Å². The van der Waals surface area contributed by atoms with Gasteiger partial charge in [0.15, 0.2) is 17.4 Å². The number of hydrogen-bond acceptors (Lipinski definition) is 0. The van der Waals surface area contributed by atoms with Crippen LogP contribution in [-0.2, 0) is 0 Å². The summed E-state index contributed by atoms with van der Waals surface area (Å²) in [6, 6.07) is 0. The lowest BCUT2D eigenvalue weighted by Gasteiger charge is -2.02. The Morgan fingerprint density at radius 2 is 0.529 bits per heavy atom. The predicted octanol–water partition coefficient (Wildman–Crippen LogP) is 5.30. The normalized spacial score (nSPS) is 10.2. The van der Waals surface area contributed by atoms with E-state index in [1.165, 1.54) is 89.9 Å². The molecule has 0 radical (unpaired) electrons. The van der Waals surface area contributed by atoms with Crippen LogP contribution in [0.4, 0.5) is 0 Å². The van der Waals surface area contributed by atoms with Crippen LogP contribution in [0.15, 0.2) is 0 Å². The molecule has 0 bridgehead atoms. The van der Waals surface area contributed by atoms with E-state index in [1.54, 1.807) is 0 Å². The van der Waals surface area contributed by atoms with Crippen molar-refractivity contribution in [2.75, 3.05) is 0 Å². The molecule has 1 heteroatoms. The lowest BCUT2D eigenvalue weighted by atomic mass is 10.0. The molecular weight excluding hydrogens is 219 g/mol. The molecule has 0 amide bonds. The standard InChI is InChI=1S/C16H34.Al.3H/c1-3-5-7-9-11-13-15-16-14-12-10-8-6-4-2;;;;/h3-16H2,1-2H3;;;;. The van der Waals surface area contributed by atoms with E-state index in [4.69, 9.17) is 0 Å². The molecule has 104 valence electrons. The fourth-order valence-corrected chi connectivity index (χ4v) is 2.27. The van der Waals surface area contributed by atoms with E-state index in [1.807, 2.05) is 0 Å². The van der Waals surface area contributed by atoms with Gasteiger partial charge in [-0.1, -0.05) is 104 Å². The van der Waals surface area contributed by atoms with Gasteiger partial charge in [-0.05, 0) is 0 Å². The average molecular weight is 256 g/mol. The molecular formula is C16H37Al. The third-order valence-electron chi connectivity index (χ3n) is 3.46. The Kier molecular flexibility index (Phi) is 22.1. The second-order valence-corrected chi connectivity index (χ2v) is 5.24. The lowest BCUT2D eigenvalue weighted by Crippen LogP contribution is -1.82. The average Bonchev–Trinajstić information content (AvgIpc) is 2.31. The van der Waals surface area contributed by atoms with Crippen molar-refractivity contribution < 1.29 is 0 Å². The number of unbranched alkanes of at least 4 members (excludes halogenated alkanes) is 13. The van der Waals surface area contributed by atoms with Crippen LogP contribution < -0.4 is 0 Å². The van der Waals surface area contributed by atoms with Gasteiger partial charge in [0, 0.05) is 0 Å². The summed E-state index contributed by atoms with van der Waals surface area (Å²) in [5.41, 5.74) is 0. The zero-order valence-corrected chi connectivity index (χ0v) is 11.9. The molecule has 0 saturated heterocycles. The molecule has 0 aliphatic carbocycles. The zero-order valence-electron chi connectivity index (χ0n) is 11.9. The Bertz CT molecular complexity index is 98.1. The van der Waals surface area contributed by atoms with Gasteiger partial charge in [-0.25, -0.2) is 0 Å². The SMILES string of the molecule is CCCCCCCCCCCCCCCC.[AlH3]. The molecule has 0 rings (SSSR count). The van der Waals surface area contributed by atoms with Gasteiger partial charge < -0.3 is 0 Å². The zero-order chi connectivity index (χ0) is 11.9.